The maximum absolute atomic E-state index is 3.78. The van der Waals surface area contributed by atoms with E-state index in [1.54, 1.807) is 0 Å². The third-order valence-electron chi connectivity index (χ3n) is 7.94. The molecular formula is C34H36+2. The van der Waals surface area contributed by atoms with E-state index in [0.717, 1.165) is 6.42 Å². The Labute approximate surface area is 206 Å². The topological polar surface area (TPSA) is 0 Å². The summed E-state index contributed by atoms with van der Waals surface area (Å²) >= 11 is 0. The van der Waals surface area contributed by atoms with E-state index in [1.165, 1.54) is 77.9 Å². The average Bonchev–Trinajstić information content (AvgIpc) is 3.09. The maximum atomic E-state index is 3.78. The predicted octanol–water partition coefficient (Wildman–Crippen LogP) is 9.60. The summed E-state index contributed by atoms with van der Waals surface area (Å²) in [6, 6.07) is 16.3. The van der Waals surface area contributed by atoms with E-state index in [0.29, 0.717) is 11.8 Å². The second-order valence-corrected chi connectivity index (χ2v) is 10.9. The second kappa shape index (κ2) is 8.30. The standard InChI is InChI=1S/C34H36/c1-19(2)25-11-9-21(5)29-17-31(23(7)33(29)15-25)27-13-28(14-27)32-18-30-22(6)10-12-26(20(3)4)16-34(30)24(32)8/h9-12,15-20H,13H2,1-8H3/q+2. The highest BCUT2D eigenvalue weighted by Crippen LogP contribution is 2.47. The van der Waals surface area contributed by atoms with Crippen LogP contribution >= 0.6 is 0 Å². The molecule has 1 aromatic carbocycles. The lowest BCUT2D eigenvalue weighted by Gasteiger charge is -2.10. The van der Waals surface area contributed by atoms with Gasteiger partial charge < -0.3 is 0 Å². The average molecular weight is 445 g/mol. The highest BCUT2D eigenvalue weighted by atomic mass is 14.3. The van der Waals surface area contributed by atoms with E-state index in [-0.39, 0.29) is 0 Å². The molecule has 0 fully saturated rings. The molecule has 0 heteroatoms. The normalized spacial score (nSPS) is 14.9. The van der Waals surface area contributed by atoms with Crippen molar-refractivity contribution < 1.29 is 0 Å². The van der Waals surface area contributed by atoms with Crippen LogP contribution in [-0.4, -0.2) is 0 Å². The molecule has 0 saturated heterocycles. The zero-order valence-electron chi connectivity index (χ0n) is 22.0. The zero-order valence-corrected chi connectivity index (χ0v) is 22.0. The molecule has 0 aliphatic heterocycles. The number of rotatable bonds is 4. The van der Waals surface area contributed by atoms with E-state index in [2.05, 4.69) is 110 Å². The number of hydrogen-bond donors (Lipinski definition) is 0. The van der Waals surface area contributed by atoms with Gasteiger partial charge in [0.2, 0.25) is 0 Å². The first-order chi connectivity index (χ1) is 16.2. The molecule has 0 heterocycles. The lowest BCUT2D eigenvalue weighted by molar-refractivity contribution is 0.868. The van der Waals surface area contributed by atoms with Crippen LogP contribution < -0.4 is 0 Å². The van der Waals surface area contributed by atoms with Gasteiger partial charge in [0.05, 0.1) is 12.0 Å². The van der Waals surface area contributed by atoms with Crippen LogP contribution in [0, 0.1) is 27.2 Å². The van der Waals surface area contributed by atoms with Gasteiger partial charge in [0.15, 0.2) is 22.3 Å². The van der Waals surface area contributed by atoms with Gasteiger partial charge in [0, 0.05) is 31.6 Å². The van der Waals surface area contributed by atoms with Gasteiger partial charge >= 0.3 is 0 Å². The van der Waals surface area contributed by atoms with Crippen molar-refractivity contribution in [3.8, 4) is 11.1 Å². The van der Waals surface area contributed by atoms with Crippen LogP contribution in [0.2, 0.25) is 0 Å². The highest BCUT2D eigenvalue weighted by molar-refractivity contribution is 5.91. The molecule has 170 valence electrons. The minimum atomic E-state index is 0.526. The third-order valence-corrected chi connectivity index (χ3v) is 7.94. The first kappa shape index (κ1) is 22.7. The molecule has 1 aromatic rings. The summed E-state index contributed by atoms with van der Waals surface area (Å²) in [6.07, 6.45) is 3.40. The van der Waals surface area contributed by atoms with E-state index in [4.69, 9.17) is 0 Å². The first-order valence-electron chi connectivity index (χ1n) is 12.7. The molecule has 0 unspecified atom stereocenters. The molecule has 0 atom stereocenters. The van der Waals surface area contributed by atoms with Gasteiger partial charge in [-0.1, -0.05) is 45.9 Å². The fourth-order valence-corrected chi connectivity index (χ4v) is 5.44. The summed E-state index contributed by atoms with van der Waals surface area (Å²) in [6.45, 7) is 18.1. The van der Waals surface area contributed by atoms with Crippen LogP contribution in [0.1, 0.15) is 97.4 Å². The Kier molecular flexibility index (Phi) is 5.54. The summed E-state index contributed by atoms with van der Waals surface area (Å²) in [5.41, 5.74) is 23.1. The molecule has 0 aromatic heterocycles. The number of allylic oxidation sites excluding steroid dienone is 3. The quantitative estimate of drug-likeness (QED) is 0.277. The second-order valence-electron chi connectivity index (χ2n) is 10.9. The van der Waals surface area contributed by atoms with Gasteiger partial charge in [-0.05, 0) is 82.5 Å². The number of fused-ring (bicyclic) bond motifs is 2. The van der Waals surface area contributed by atoms with Crippen molar-refractivity contribution >= 4 is 11.1 Å². The molecule has 0 saturated carbocycles. The van der Waals surface area contributed by atoms with Crippen LogP contribution in [0.3, 0.4) is 0 Å². The molecule has 34 heavy (non-hydrogen) atoms. The van der Waals surface area contributed by atoms with Gasteiger partial charge in [0.25, 0.3) is 0 Å². The van der Waals surface area contributed by atoms with Crippen LogP contribution in [0.25, 0.3) is 22.3 Å². The fraction of sp³-hybridized carbons (Fsp3) is 0.324. The smallest absolute Gasteiger partial charge is 0.0587 e. The Morgan fingerprint density at radius 1 is 0.765 bits per heavy atom. The fourth-order valence-electron chi connectivity index (χ4n) is 5.44. The highest BCUT2D eigenvalue weighted by Gasteiger charge is 2.41. The molecule has 0 radical (unpaired) electrons. The van der Waals surface area contributed by atoms with E-state index in [1.807, 2.05) is 0 Å². The van der Waals surface area contributed by atoms with Crippen molar-refractivity contribution in [1.29, 1.82) is 0 Å². The number of hydrogen-bond acceptors (Lipinski definition) is 0. The summed E-state index contributed by atoms with van der Waals surface area (Å²) in [5.74, 6) is 1.05. The molecule has 0 amide bonds. The van der Waals surface area contributed by atoms with Gasteiger partial charge in [-0.15, -0.1) is 0 Å². The lowest BCUT2D eigenvalue weighted by Crippen LogP contribution is -2.00. The van der Waals surface area contributed by atoms with Crippen molar-refractivity contribution in [2.24, 2.45) is 0 Å². The SMILES string of the molecule is CC1=C(C2=C=C(c3cc4c(C)ccc(C(C)C)cc-4c3C)C2)[CH+]c2c(C)ccc(C(C)C)c[c+]21. The first-order valence-corrected chi connectivity index (χ1v) is 12.7. The zero-order chi connectivity index (χ0) is 24.3. The molecule has 0 N–H and O–H groups in total. The molecular weight excluding hydrogens is 408 g/mol. The van der Waals surface area contributed by atoms with Crippen LogP contribution in [0.15, 0.2) is 59.3 Å². The van der Waals surface area contributed by atoms with Crippen molar-refractivity contribution in [3.05, 3.63) is 110 Å². The van der Waals surface area contributed by atoms with E-state index < -0.39 is 0 Å². The third kappa shape index (κ3) is 3.62. The summed E-state index contributed by atoms with van der Waals surface area (Å²) in [4.78, 5) is 0. The molecule has 0 spiro atoms. The van der Waals surface area contributed by atoms with Gasteiger partial charge in [-0.25, -0.2) is 0 Å². The molecule has 5 rings (SSSR count). The van der Waals surface area contributed by atoms with Crippen molar-refractivity contribution in [3.63, 3.8) is 0 Å². The molecule has 4 aliphatic rings. The Morgan fingerprint density at radius 2 is 1.41 bits per heavy atom. The molecule has 0 bridgehead atoms. The molecule has 0 nitrogen and oxygen atoms in total. The van der Waals surface area contributed by atoms with Gasteiger partial charge in [-0.3, -0.25) is 0 Å². The Balaban J connectivity index is 1.59. The summed E-state index contributed by atoms with van der Waals surface area (Å²) in [7, 11) is 0. The minimum absolute atomic E-state index is 0.526. The Morgan fingerprint density at radius 3 is 2.09 bits per heavy atom. The van der Waals surface area contributed by atoms with Crippen LogP contribution in [0.5, 0.6) is 0 Å². The Hall–Kier alpha value is -3.08. The van der Waals surface area contributed by atoms with Crippen molar-refractivity contribution in [2.45, 2.75) is 73.6 Å². The monoisotopic (exact) mass is 444 g/mol. The van der Waals surface area contributed by atoms with Crippen molar-refractivity contribution in [1.82, 2.24) is 0 Å². The predicted molar refractivity (Wildman–Crippen MR) is 147 cm³/mol. The van der Waals surface area contributed by atoms with Crippen molar-refractivity contribution in [2.75, 3.05) is 0 Å². The summed E-state index contributed by atoms with van der Waals surface area (Å²) < 4.78 is 0. The van der Waals surface area contributed by atoms with E-state index in [9.17, 15) is 0 Å². The maximum Gasteiger partial charge on any atom is 0.200 e. The largest absolute Gasteiger partial charge is 0.200 e. The summed E-state index contributed by atoms with van der Waals surface area (Å²) in [5, 5.41) is 0. The van der Waals surface area contributed by atoms with Crippen LogP contribution in [-0.2, 0) is 0 Å². The Bertz CT molecular complexity index is 1400. The van der Waals surface area contributed by atoms with E-state index >= 15 is 0 Å². The van der Waals surface area contributed by atoms with Gasteiger partial charge in [0.1, 0.15) is 12.0 Å². The molecule has 4 aliphatic carbocycles. The van der Waals surface area contributed by atoms with Crippen LogP contribution in [0.4, 0.5) is 0 Å². The minimum Gasteiger partial charge on any atom is -0.0587 e. The lowest BCUT2D eigenvalue weighted by atomic mass is 9.85. The number of aryl methyl sites for hydroxylation is 2. The van der Waals surface area contributed by atoms with Gasteiger partial charge in [-0.2, -0.15) is 0 Å².